The first kappa shape index (κ1) is 14.4. The van der Waals surface area contributed by atoms with Crippen molar-refractivity contribution in [3.8, 4) is 0 Å². The number of aryl methyl sites for hydroxylation is 1. The second-order valence-electron chi connectivity index (χ2n) is 7.86. The lowest BCUT2D eigenvalue weighted by molar-refractivity contribution is 0.0738. The van der Waals surface area contributed by atoms with E-state index in [-0.39, 0.29) is 22.8 Å². The Kier molecular flexibility index (Phi) is 3.09. The number of nitrogens with two attached hydrogens (primary N) is 1. The van der Waals surface area contributed by atoms with Gasteiger partial charge in [0.15, 0.2) is 0 Å². The highest BCUT2D eigenvalue weighted by Gasteiger charge is 2.59. The molecule has 3 unspecified atom stereocenters. The zero-order chi connectivity index (χ0) is 15.4. The molecule has 2 aliphatic carbocycles. The summed E-state index contributed by atoms with van der Waals surface area (Å²) >= 11 is 0. The van der Waals surface area contributed by atoms with E-state index in [9.17, 15) is 4.79 Å². The Morgan fingerprint density at radius 2 is 2.05 bits per heavy atom. The topological polar surface area (TPSA) is 55.1 Å². The minimum atomic E-state index is -0.0250. The fraction of sp³-hybridized carbons (Fsp3) is 0.611. The van der Waals surface area contributed by atoms with Gasteiger partial charge in [0.05, 0.1) is 5.56 Å². The van der Waals surface area contributed by atoms with E-state index < -0.39 is 0 Å². The zero-order valence-corrected chi connectivity index (χ0v) is 13.5. The Hall–Kier alpha value is -1.51. The van der Waals surface area contributed by atoms with Crippen LogP contribution >= 0.6 is 0 Å². The summed E-state index contributed by atoms with van der Waals surface area (Å²) < 4.78 is 0. The lowest BCUT2D eigenvalue weighted by Crippen LogP contribution is -2.52. The molecule has 0 spiro atoms. The summed E-state index contributed by atoms with van der Waals surface area (Å²) in [5.41, 5.74) is 8.65. The standard InChI is InChI=1S/C18H26N2O/c1-11-6-5-7-13(14(11)19)15(21)20-16-17(2,3)12-8-9-18(16,4)10-12/h5-7,12,16H,8-10,19H2,1-4H3,(H,20,21). The van der Waals surface area contributed by atoms with E-state index in [0.29, 0.717) is 11.3 Å². The van der Waals surface area contributed by atoms with Crippen LogP contribution in [-0.2, 0) is 0 Å². The number of hydrogen-bond acceptors (Lipinski definition) is 2. The monoisotopic (exact) mass is 286 g/mol. The van der Waals surface area contributed by atoms with E-state index in [1.54, 1.807) is 0 Å². The molecule has 2 bridgehead atoms. The Bertz CT molecular complexity index is 588. The van der Waals surface area contributed by atoms with Gasteiger partial charge in [0.1, 0.15) is 0 Å². The van der Waals surface area contributed by atoms with Crippen LogP contribution in [0.25, 0.3) is 0 Å². The number of rotatable bonds is 2. The van der Waals surface area contributed by atoms with Crippen LogP contribution in [0.5, 0.6) is 0 Å². The summed E-state index contributed by atoms with van der Waals surface area (Å²) in [6, 6.07) is 5.89. The number of amides is 1. The molecule has 2 fully saturated rings. The van der Waals surface area contributed by atoms with Gasteiger partial charge in [0.2, 0.25) is 0 Å². The van der Waals surface area contributed by atoms with Crippen LogP contribution in [0, 0.1) is 23.7 Å². The van der Waals surface area contributed by atoms with Crippen LogP contribution in [0.1, 0.15) is 56.0 Å². The quantitative estimate of drug-likeness (QED) is 0.817. The highest BCUT2D eigenvalue weighted by atomic mass is 16.1. The third-order valence-corrected chi connectivity index (χ3v) is 6.11. The van der Waals surface area contributed by atoms with E-state index in [1.807, 2.05) is 25.1 Å². The largest absolute Gasteiger partial charge is 0.398 e. The molecule has 0 saturated heterocycles. The molecule has 0 aromatic heterocycles. The Balaban J connectivity index is 1.87. The summed E-state index contributed by atoms with van der Waals surface area (Å²) in [7, 11) is 0. The maximum Gasteiger partial charge on any atom is 0.253 e. The minimum absolute atomic E-state index is 0.0250. The van der Waals surface area contributed by atoms with E-state index in [4.69, 9.17) is 5.73 Å². The molecule has 2 aliphatic rings. The lowest BCUT2D eigenvalue weighted by atomic mass is 9.68. The van der Waals surface area contributed by atoms with E-state index in [2.05, 4.69) is 26.1 Å². The number of hydrogen-bond donors (Lipinski definition) is 2. The average Bonchev–Trinajstić information content (AvgIpc) is 2.89. The van der Waals surface area contributed by atoms with Crippen molar-refractivity contribution in [3.63, 3.8) is 0 Å². The van der Waals surface area contributed by atoms with Crippen LogP contribution in [0.4, 0.5) is 5.69 Å². The van der Waals surface area contributed by atoms with Gasteiger partial charge in [0, 0.05) is 11.7 Å². The number of nitrogen functional groups attached to an aromatic ring is 1. The molecule has 1 amide bonds. The van der Waals surface area contributed by atoms with Gasteiger partial charge < -0.3 is 11.1 Å². The zero-order valence-electron chi connectivity index (χ0n) is 13.5. The fourth-order valence-electron chi connectivity index (χ4n) is 4.75. The SMILES string of the molecule is Cc1cccc(C(=O)NC2C3(C)CCC(C3)C2(C)C)c1N. The van der Waals surface area contributed by atoms with E-state index >= 15 is 0 Å². The maximum atomic E-state index is 12.7. The van der Waals surface area contributed by atoms with Crippen LogP contribution in [0.15, 0.2) is 18.2 Å². The van der Waals surface area contributed by atoms with Gasteiger partial charge in [-0.05, 0) is 54.6 Å². The number of para-hydroxylation sites is 1. The van der Waals surface area contributed by atoms with Gasteiger partial charge >= 0.3 is 0 Å². The van der Waals surface area contributed by atoms with Crippen molar-refractivity contribution in [3.05, 3.63) is 29.3 Å². The van der Waals surface area contributed by atoms with Crippen LogP contribution in [-0.4, -0.2) is 11.9 Å². The molecule has 3 rings (SSSR count). The number of anilines is 1. The Labute approximate surface area is 127 Å². The van der Waals surface area contributed by atoms with Crippen molar-refractivity contribution in [2.24, 2.45) is 16.7 Å². The normalized spacial score (nSPS) is 33.1. The summed E-state index contributed by atoms with van der Waals surface area (Å²) in [5, 5.41) is 3.31. The first-order chi connectivity index (χ1) is 9.75. The van der Waals surface area contributed by atoms with Crippen LogP contribution in [0.2, 0.25) is 0 Å². The molecule has 1 aromatic carbocycles. The van der Waals surface area contributed by atoms with E-state index in [0.717, 1.165) is 11.5 Å². The molecule has 21 heavy (non-hydrogen) atoms. The molecular formula is C18H26N2O. The first-order valence-electron chi connectivity index (χ1n) is 7.92. The minimum Gasteiger partial charge on any atom is -0.398 e. The molecule has 0 heterocycles. The molecule has 0 radical (unpaired) electrons. The summed E-state index contributed by atoms with van der Waals surface area (Å²) in [6.07, 6.45) is 3.74. The smallest absolute Gasteiger partial charge is 0.253 e. The van der Waals surface area contributed by atoms with Gasteiger partial charge in [-0.25, -0.2) is 0 Å². The van der Waals surface area contributed by atoms with E-state index in [1.165, 1.54) is 19.3 Å². The second kappa shape index (κ2) is 4.49. The van der Waals surface area contributed by atoms with Gasteiger partial charge in [-0.2, -0.15) is 0 Å². The van der Waals surface area contributed by atoms with Crippen molar-refractivity contribution in [1.82, 2.24) is 5.32 Å². The highest BCUT2D eigenvalue weighted by molar-refractivity contribution is 6.00. The number of carbonyl (C=O) groups excluding carboxylic acids is 1. The predicted molar refractivity (Wildman–Crippen MR) is 86.1 cm³/mol. The fourth-order valence-corrected chi connectivity index (χ4v) is 4.75. The van der Waals surface area contributed by atoms with Crippen molar-refractivity contribution in [2.45, 2.75) is 53.0 Å². The molecule has 0 aliphatic heterocycles. The number of nitrogens with one attached hydrogen (secondary N) is 1. The average molecular weight is 286 g/mol. The Morgan fingerprint density at radius 3 is 2.67 bits per heavy atom. The Morgan fingerprint density at radius 1 is 1.33 bits per heavy atom. The first-order valence-corrected chi connectivity index (χ1v) is 7.92. The third kappa shape index (κ3) is 2.05. The molecule has 114 valence electrons. The second-order valence-corrected chi connectivity index (χ2v) is 7.86. The van der Waals surface area contributed by atoms with Gasteiger partial charge in [-0.3, -0.25) is 4.79 Å². The van der Waals surface area contributed by atoms with Crippen LogP contribution in [0.3, 0.4) is 0 Å². The number of carbonyl (C=O) groups is 1. The number of fused-ring (bicyclic) bond motifs is 2. The van der Waals surface area contributed by atoms with Crippen molar-refractivity contribution < 1.29 is 4.79 Å². The predicted octanol–water partition coefficient (Wildman–Crippen LogP) is 3.52. The molecule has 1 aromatic rings. The summed E-state index contributed by atoms with van der Waals surface area (Å²) in [5.74, 6) is 0.700. The molecule has 3 nitrogen and oxygen atoms in total. The van der Waals surface area contributed by atoms with Gasteiger partial charge in [0.25, 0.3) is 5.91 Å². The molecule has 3 heteroatoms. The summed E-state index contributed by atoms with van der Waals surface area (Å²) in [4.78, 5) is 12.7. The van der Waals surface area contributed by atoms with Crippen molar-refractivity contribution in [2.75, 3.05) is 5.73 Å². The van der Waals surface area contributed by atoms with Crippen LogP contribution < -0.4 is 11.1 Å². The molecular weight excluding hydrogens is 260 g/mol. The van der Waals surface area contributed by atoms with Crippen molar-refractivity contribution in [1.29, 1.82) is 0 Å². The molecule has 2 saturated carbocycles. The summed E-state index contributed by atoms with van der Waals surface area (Å²) in [6.45, 7) is 8.86. The van der Waals surface area contributed by atoms with Crippen molar-refractivity contribution >= 4 is 11.6 Å². The third-order valence-electron chi connectivity index (χ3n) is 6.11. The number of benzene rings is 1. The molecule has 3 N–H and O–H groups in total. The maximum absolute atomic E-state index is 12.7. The highest BCUT2D eigenvalue weighted by Crippen LogP contribution is 2.62. The van der Waals surface area contributed by atoms with Gasteiger partial charge in [-0.1, -0.05) is 32.9 Å². The lowest BCUT2D eigenvalue weighted by Gasteiger charge is -2.43. The van der Waals surface area contributed by atoms with Gasteiger partial charge in [-0.15, -0.1) is 0 Å². The molecule has 3 atom stereocenters.